The molecule has 2 aliphatic rings. The highest BCUT2D eigenvalue weighted by molar-refractivity contribution is 5.81. The number of alkyl carbamates (subject to hydrolysis) is 1. The van der Waals surface area contributed by atoms with Gasteiger partial charge in [0, 0.05) is 17.2 Å². The highest BCUT2D eigenvalue weighted by atomic mass is 16.6. The van der Waals surface area contributed by atoms with Crippen LogP contribution in [0.3, 0.4) is 0 Å². The van der Waals surface area contributed by atoms with E-state index in [1.165, 1.54) is 25.6 Å². The fourth-order valence-corrected chi connectivity index (χ4v) is 4.59. The molecule has 0 atom stereocenters. The normalized spacial score (nSPS) is 17.1. The molecule has 6 N–H and O–H groups in total. The fraction of sp³-hybridized carbons (Fsp3) is 0.560. The Labute approximate surface area is 196 Å². The highest BCUT2D eigenvalue weighted by Crippen LogP contribution is 2.47. The molecule has 180 valence electrons. The number of hydrogen-bond acceptors (Lipinski definition) is 7. The molecule has 1 heterocycles. The van der Waals surface area contributed by atoms with Crippen LogP contribution in [0.15, 0.2) is 18.5 Å². The van der Waals surface area contributed by atoms with Crippen LogP contribution in [0, 0.1) is 0 Å². The molecule has 0 unspecified atom stereocenters. The van der Waals surface area contributed by atoms with Crippen molar-refractivity contribution in [3.63, 3.8) is 0 Å². The van der Waals surface area contributed by atoms with Gasteiger partial charge in [0.2, 0.25) is 0 Å². The molecule has 33 heavy (non-hydrogen) atoms. The molecule has 0 saturated heterocycles. The van der Waals surface area contributed by atoms with Crippen LogP contribution in [-0.2, 0) is 16.6 Å². The van der Waals surface area contributed by atoms with Crippen LogP contribution in [-0.4, -0.2) is 32.8 Å². The van der Waals surface area contributed by atoms with Crippen LogP contribution >= 0.6 is 0 Å². The number of carbonyl (C=O) groups is 1. The summed E-state index contributed by atoms with van der Waals surface area (Å²) in [5.74, 6) is 0.618. The highest BCUT2D eigenvalue weighted by Gasteiger charge is 2.35. The molecule has 0 aliphatic heterocycles. The van der Waals surface area contributed by atoms with Crippen LogP contribution in [0.2, 0.25) is 0 Å². The summed E-state index contributed by atoms with van der Waals surface area (Å²) in [6, 6.07) is 3.76. The largest absolute Gasteiger partial charge is 0.506 e. The number of aromatic nitrogens is 2. The van der Waals surface area contributed by atoms with E-state index in [0.29, 0.717) is 24.0 Å². The molecular weight excluding hydrogens is 418 g/mol. The Hall–Kier alpha value is -3.03. The molecule has 1 aromatic heterocycles. The Morgan fingerprint density at radius 2 is 1.82 bits per heavy atom. The smallest absolute Gasteiger partial charge is 0.407 e. The lowest BCUT2D eigenvalue weighted by atomic mass is 9.71. The lowest BCUT2D eigenvalue weighted by Gasteiger charge is -2.34. The maximum Gasteiger partial charge on any atom is 0.407 e. The van der Waals surface area contributed by atoms with Gasteiger partial charge in [-0.25, -0.2) is 14.8 Å². The van der Waals surface area contributed by atoms with E-state index in [2.05, 4.69) is 29.1 Å². The monoisotopic (exact) mass is 455 g/mol. The summed E-state index contributed by atoms with van der Waals surface area (Å²) in [6.45, 7) is 9.81. The third kappa shape index (κ3) is 5.86. The number of fused-ring (bicyclic) bond motifs is 3. The summed E-state index contributed by atoms with van der Waals surface area (Å²) in [6.07, 6.45) is 7.82. The summed E-state index contributed by atoms with van der Waals surface area (Å²) in [7, 11) is 0. The summed E-state index contributed by atoms with van der Waals surface area (Å²) in [5, 5.41) is 12.7. The maximum absolute atomic E-state index is 11.4. The minimum atomic E-state index is -0.390. The Bertz CT molecular complexity index is 1010. The molecule has 1 aromatic carbocycles. The molecular formula is C25H37N5O3. The van der Waals surface area contributed by atoms with Gasteiger partial charge in [-0.15, -0.1) is 0 Å². The number of anilines is 2. The average Bonchev–Trinajstić information content (AvgIpc) is 2.70. The number of rotatable bonds is 1. The number of carbonyl (C=O) groups excluding carboxylic acids is 1. The van der Waals surface area contributed by atoms with E-state index >= 15 is 0 Å². The zero-order chi connectivity index (χ0) is 24.4. The van der Waals surface area contributed by atoms with Gasteiger partial charge < -0.3 is 26.6 Å². The molecule has 0 radical (unpaired) electrons. The van der Waals surface area contributed by atoms with Crippen molar-refractivity contribution < 1.29 is 14.6 Å². The van der Waals surface area contributed by atoms with E-state index in [1.54, 1.807) is 6.07 Å². The van der Waals surface area contributed by atoms with Crippen LogP contribution in [0.25, 0.3) is 11.3 Å². The van der Waals surface area contributed by atoms with Crippen LogP contribution in [0.1, 0.15) is 77.8 Å². The molecule has 8 nitrogen and oxygen atoms in total. The van der Waals surface area contributed by atoms with Gasteiger partial charge in [0.1, 0.15) is 23.5 Å². The summed E-state index contributed by atoms with van der Waals surface area (Å²) in [5.41, 5.74) is 15.4. The number of nitrogen functional groups attached to an aromatic ring is 2. The zero-order valence-electron chi connectivity index (χ0n) is 20.4. The Morgan fingerprint density at radius 3 is 2.45 bits per heavy atom. The SMILES string of the molecule is CC(C)(C)OC(=O)NC1CCCCC1.CC1(C)Cc2c(ccc(O)c2N)-c2ncnc(N)c21. The number of ether oxygens (including phenoxy) is 1. The molecule has 0 spiro atoms. The Balaban J connectivity index is 0.000000196. The third-order valence-corrected chi connectivity index (χ3v) is 6.09. The van der Waals surface area contributed by atoms with Gasteiger partial charge >= 0.3 is 6.09 Å². The number of aromatic hydroxyl groups is 1. The lowest BCUT2D eigenvalue weighted by molar-refractivity contribution is 0.0493. The van der Waals surface area contributed by atoms with Gasteiger partial charge in [0.25, 0.3) is 0 Å². The molecule has 1 fully saturated rings. The van der Waals surface area contributed by atoms with Crippen molar-refractivity contribution in [2.45, 2.75) is 90.2 Å². The third-order valence-electron chi connectivity index (χ3n) is 6.09. The number of nitrogens with one attached hydrogen (secondary N) is 1. The van der Waals surface area contributed by atoms with Crippen molar-refractivity contribution in [1.29, 1.82) is 0 Å². The second-order valence-corrected chi connectivity index (χ2v) is 10.5. The molecule has 8 heteroatoms. The minimum absolute atomic E-state index is 0.111. The van der Waals surface area contributed by atoms with Crippen LogP contribution in [0.4, 0.5) is 16.3 Å². The Kier molecular flexibility index (Phi) is 7.05. The predicted octanol–water partition coefficient (Wildman–Crippen LogP) is 4.69. The number of phenols is 1. The molecule has 4 rings (SSSR count). The zero-order valence-corrected chi connectivity index (χ0v) is 20.4. The number of benzene rings is 1. The van der Waals surface area contributed by atoms with Crippen molar-refractivity contribution in [2.24, 2.45) is 0 Å². The fourth-order valence-electron chi connectivity index (χ4n) is 4.59. The average molecular weight is 456 g/mol. The standard InChI is InChI=1S/C14H16N4O.C11H21NO2/c1-14(2)5-8-7(3-4-9(19)11(8)15)12-10(14)13(16)18-6-17-12;1-11(2,3)14-10(13)12-9-7-5-4-6-8-9/h3-4,6,19H,5,15H2,1-2H3,(H2,16,17,18);9H,4-8H2,1-3H3,(H,12,13). The van der Waals surface area contributed by atoms with Gasteiger partial charge in [-0.1, -0.05) is 33.1 Å². The first-order valence-corrected chi connectivity index (χ1v) is 11.6. The minimum Gasteiger partial charge on any atom is -0.506 e. The predicted molar refractivity (Wildman–Crippen MR) is 131 cm³/mol. The first-order chi connectivity index (χ1) is 15.4. The van der Waals surface area contributed by atoms with Crippen molar-refractivity contribution in [1.82, 2.24) is 15.3 Å². The van der Waals surface area contributed by atoms with Crippen molar-refractivity contribution in [3.8, 4) is 17.0 Å². The molecule has 0 bridgehead atoms. The van der Waals surface area contributed by atoms with E-state index in [0.717, 1.165) is 35.2 Å². The van der Waals surface area contributed by atoms with Crippen molar-refractivity contribution in [2.75, 3.05) is 11.5 Å². The number of nitrogens with two attached hydrogens (primary N) is 2. The molecule has 1 saturated carbocycles. The quantitative estimate of drug-likeness (QED) is 0.361. The number of hydrogen-bond donors (Lipinski definition) is 4. The van der Waals surface area contributed by atoms with E-state index in [-0.39, 0.29) is 17.3 Å². The first kappa shape index (κ1) is 24.6. The van der Waals surface area contributed by atoms with Gasteiger partial charge in [-0.3, -0.25) is 0 Å². The van der Waals surface area contributed by atoms with E-state index in [1.807, 2.05) is 26.8 Å². The topological polar surface area (TPSA) is 136 Å². The second-order valence-electron chi connectivity index (χ2n) is 10.5. The summed E-state index contributed by atoms with van der Waals surface area (Å²) in [4.78, 5) is 19.8. The number of phenolic OH excluding ortho intramolecular Hbond substituents is 1. The van der Waals surface area contributed by atoms with Gasteiger partial charge in [-0.2, -0.15) is 0 Å². The summed E-state index contributed by atoms with van der Waals surface area (Å²) < 4.78 is 5.19. The van der Waals surface area contributed by atoms with E-state index < -0.39 is 5.60 Å². The second kappa shape index (κ2) is 9.45. The molecule has 1 amide bonds. The molecule has 2 aliphatic carbocycles. The Morgan fingerprint density at radius 1 is 1.15 bits per heavy atom. The number of nitrogens with zero attached hydrogens (tertiary/aromatic N) is 2. The van der Waals surface area contributed by atoms with Crippen LogP contribution in [0.5, 0.6) is 5.75 Å². The van der Waals surface area contributed by atoms with Crippen LogP contribution < -0.4 is 16.8 Å². The maximum atomic E-state index is 11.4. The number of amides is 1. The van der Waals surface area contributed by atoms with Crippen molar-refractivity contribution >= 4 is 17.6 Å². The van der Waals surface area contributed by atoms with E-state index in [9.17, 15) is 9.90 Å². The lowest BCUT2D eigenvalue weighted by Crippen LogP contribution is -2.39. The summed E-state index contributed by atoms with van der Waals surface area (Å²) >= 11 is 0. The van der Waals surface area contributed by atoms with Gasteiger partial charge in [0.05, 0.1) is 11.4 Å². The molecule has 2 aromatic rings. The first-order valence-electron chi connectivity index (χ1n) is 11.6. The van der Waals surface area contributed by atoms with Gasteiger partial charge in [0.15, 0.2) is 0 Å². The van der Waals surface area contributed by atoms with Crippen molar-refractivity contribution in [3.05, 3.63) is 29.6 Å². The van der Waals surface area contributed by atoms with E-state index in [4.69, 9.17) is 16.2 Å². The van der Waals surface area contributed by atoms with Gasteiger partial charge in [-0.05, 0) is 63.1 Å².